The van der Waals surface area contributed by atoms with Crippen LogP contribution in [0.25, 0.3) is 11.0 Å². The number of piperazine rings is 1. The Morgan fingerprint density at radius 1 is 1.42 bits per heavy atom. The molecule has 0 radical (unpaired) electrons. The van der Waals surface area contributed by atoms with Crippen LogP contribution in [0.4, 0.5) is 5.69 Å². The van der Waals surface area contributed by atoms with Crippen LogP contribution in [-0.4, -0.2) is 36.5 Å². The Bertz CT molecular complexity index is 880. The number of hydrogen-bond donors (Lipinski definition) is 0. The highest BCUT2D eigenvalue weighted by atomic mass is 79.9. The molecule has 24 heavy (non-hydrogen) atoms. The second kappa shape index (κ2) is 6.61. The summed E-state index contributed by atoms with van der Waals surface area (Å²) in [5.41, 5.74) is 0.836. The Hall–Kier alpha value is -1.79. The largest absolute Gasteiger partial charge is 0.423 e. The minimum Gasteiger partial charge on any atom is -0.423 e. The van der Waals surface area contributed by atoms with Crippen molar-refractivity contribution in [3.8, 4) is 0 Å². The lowest BCUT2D eigenvalue weighted by Gasteiger charge is -2.40. The van der Waals surface area contributed by atoms with Gasteiger partial charge < -0.3 is 14.2 Å². The van der Waals surface area contributed by atoms with Gasteiger partial charge in [0.2, 0.25) is 5.91 Å². The lowest BCUT2D eigenvalue weighted by atomic mass is 10.1. The molecule has 2 aromatic rings. The maximum absolute atomic E-state index is 11.9. The Balaban J connectivity index is 2.01. The van der Waals surface area contributed by atoms with Crippen LogP contribution in [0, 0.1) is 0 Å². The van der Waals surface area contributed by atoms with E-state index in [0.29, 0.717) is 34.7 Å². The molecule has 0 N–H and O–H groups in total. The quantitative estimate of drug-likeness (QED) is 0.561. The number of rotatable bonds is 2. The molecule has 1 fully saturated rings. The van der Waals surface area contributed by atoms with Gasteiger partial charge in [0.1, 0.15) is 5.58 Å². The van der Waals surface area contributed by atoms with E-state index in [0.717, 1.165) is 11.1 Å². The number of nitrogens with zero attached hydrogens (tertiary/aromatic N) is 2. The normalized spacial score (nSPS) is 18.0. The summed E-state index contributed by atoms with van der Waals surface area (Å²) in [6.45, 7) is 7.32. The number of amides is 1. The molecule has 2 heterocycles. The summed E-state index contributed by atoms with van der Waals surface area (Å²) in [7, 11) is 0. The fraction of sp³-hybridized carbons (Fsp3) is 0.294. The molecule has 1 aliphatic heterocycles. The molecule has 1 amide bonds. The van der Waals surface area contributed by atoms with Gasteiger partial charge in [-0.15, -0.1) is 0 Å². The van der Waals surface area contributed by atoms with E-state index in [1.807, 2.05) is 6.92 Å². The van der Waals surface area contributed by atoms with Gasteiger partial charge in [0.25, 0.3) is 0 Å². The summed E-state index contributed by atoms with van der Waals surface area (Å²) in [4.78, 5) is 27.7. The van der Waals surface area contributed by atoms with Crippen LogP contribution < -0.4 is 10.5 Å². The van der Waals surface area contributed by atoms with E-state index in [4.69, 9.17) is 16.0 Å². The van der Waals surface area contributed by atoms with E-state index < -0.39 is 5.63 Å². The van der Waals surface area contributed by atoms with Crippen molar-refractivity contribution in [2.75, 3.05) is 24.5 Å². The number of hydrogen-bond acceptors (Lipinski definition) is 4. The average Bonchev–Trinajstić information content (AvgIpc) is 2.55. The first-order valence-corrected chi connectivity index (χ1v) is 8.68. The molecule has 7 heteroatoms. The van der Waals surface area contributed by atoms with Gasteiger partial charge in [0, 0.05) is 41.6 Å². The summed E-state index contributed by atoms with van der Waals surface area (Å²) in [6.07, 6.45) is 1.33. The lowest BCUT2D eigenvalue weighted by molar-refractivity contribution is -0.128. The molecule has 0 spiro atoms. The van der Waals surface area contributed by atoms with Crippen LogP contribution in [0.5, 0.6) is 0 Å². The number of benzene rings is 1. The first-order chi connectivity index (χ1) is 11.4. The molecule has 0 saturated carbocycles. The van der Waals surface area contributed by atoms with Gasteiger partial charge in [-0.2, -0.15) is 0 Å². The van der Waals surface area contributed by atoms with Gasteiger partial charge >= 0.3 is 5.63 Å². The molecule has 1 aliphatic rings. The first kappa shape index (κ1) is 17.0. The highest BCUT2D eigenvalue weighted by Crippen LogP contribution is 2.33. The Morgan fingerprint density at radius 3 is 2.83 bits per heavy atom. The van der Waals surface area contributed by atoms with Gasteiger partial charge in [-0.25, -0.2) is 4.79 Å². The lowest BCUT2D eigenvalue weighted by Crippen LogP contribution is -2.53. The van der Waals surface area contributed by atoms with E-state index >= 15 is 0 Å². The zero-order valence-electron chi connectivity index (χ0n) is 13.1. The van der Waals surface area contributed by atoms with Crippen LogP contribution >= 0.6 is 27.5 Å². The molecule has 1 aromatic carbocycles. The third-order valence-corrected chi connectivity index (χ3v) is 5.39. The third kappa shape index (κ3) is 3.08. The van der Waals surface area contributed by atoms with E-state index in [2.05, 4.69) is 27.4 Å². The topological polar surface area (TPSA) is 53.8 Å². The van der Waals surface area contributed by atoms with Crippen LogP contribution in [0.1, 0.15) is 6.92 Å². The highest BCUT2D eigenvalue weighted by molar-refractivity contribution is 9.10. The molecule has 1 saturated heterocycles. The molecule has 0 aliphatic carbocycles. The van der Waals surface area contributed by atoms with Crippen LogP contribution in [0.3, 0.4) is 0 Å². The first-order valence-electron chi connectivity index (χ1n) is 7.51. The van der Waals surface area contributed by atoms with E-state index in [1.165, 1.54) is 12.1 Å². The molecular weight excluding hydrogens is 396 g/mol. The maximum atomic E-state index is 11.9. The van der Waals surface area contributed by atoms with Crippen molar-refractivity contribution in [1.82, 2.24) is 4.90 Å². The third-order valence-electron chi connectivity index (χ3n) is 4.19. The summed E-state index contributed by atoms with van der Waals surface area (Å²) >= 11 is 9.54. The van der Waals surface area contributed by atoms with E-state index in [1.54, 1.807) is 17.0 Å². The molecule has 0 bridgehead atoms. The van der Waals surface area contributed by atoms with Crippen molar-refractivity contribution in [3.05, 3.63) is 50.8 Å². The second-order valence-corrected chi connectivity index (χ2v) is 7.01. The number of halogens is 2. The minimum absolute atomic E-state index is 0.0115. The standard InChI is InChI=1S/C17H16BrClN2O3/c1-3-16(22)21-5-4-20(9-10(21)2)14-8-17(23)24-15-7-12(18)13(19)6-11(14)15/h3,6-8,10H,1,4-5,9H2,2H3/t10-/m1/s1. The molecular formula is C17H16BrClN2O3. The van der Waals surface area contributed by atoms with Gasteiger partial charge in [-0.3, -0.25) is 4.79 Å². The molecule has 126 valence electrons. The molecule has 0 unspecified atom stereocenters. The van der Waals surface area contributed by atoms with Gasteiger partial charge in [0.05, 0.1) is 10.7 Å². The molecule has 5 nitrogen and oxygen atoms in total. The fourth-order valence-electron chi connectivity index (χ4n) is 3.02. The van der Waals surface area contributed by atoms with Crippen molar-refractivity contribution in [2.24, 2.45) is 0 Å². The van der Waals surface area contributed by atoms with Crippen molar-refractivity contribution < 1.29 is 9.21 Å². The van der Waals surface area contributed by atoms with Crippen LogP contribution in [0.2, 0.25) is 5.02 Å². The Labute approximate surface area is 152 Å². The summed E-state index contributed by atoms with van der Waals surface area (Å²) < 4.78 is 5.96. The Morgan fingerprint density at radius 2 is 2.17 bits per heavy atom. The van der Waals surface area contributed by atoms with Crippen LogP contribution in [0.15, 0.2) is 44.5 Å². The van der Waals surface area contributed by atoms with E-state index in [-0.39, 0.29) is 11.9 Å². The van der Waals surface area contributed by atoms with Crippen molar-refractivity contribution in [3.63, 3.8) is 0 Å². The van der Waals surface area contributed by atoms with Crippen molar-refractivity contribution in [1.29, 1.82) is 0 Å². The molecule has 1 atom stereocenters. The molecule has 1 aromatic heterocycles. The van der Waals surface area contributed by atoms with Gasteiger partial charge in [-0.1, -0.05) is 18.2 Å². The maximum Gasteiger partial charge on any atom is 0.338 e. The van der Waals surface area contributed by atoms with Crippen molar-refractivity contribution in [2.45, 2.75) is 13.0 Å². The SMILES string of the molecule is C=CC(=O)N1CCN(c2cc(=O)oc3cc(Br)c(Cl)cc23)C[C@H]1C. The Kier molecular flexibility index (Phi) is 4.69. The van der Waals surface area contributed by atoms with Gasteiger partial charge in [-0.05, 0) is 41.1 Å². The van der Waals surface area contributed by atoms with Crippen LogP contribution in [-0.2, 0) is 4.79 Å². The number of carbonyl (C=O) groups is 1. The number of fused-ring (bicyclic) bond motifs is 1. The predicted molar refractivity (Wildman–Crippen MR) is 98.8 cm³/mol. The fourth-order valence-corrected chi connectivity index (χ4v) is 3.51. The summed E-state index contributed by atoms with van der Waals surface area (Å²) in [6, 6.07) is 4.97. The number of anilines is 1. The van der Waals surface area contributed by atoms with Gasteiger partial charge in [0.15, 0.2) is 0 Å². The number of carbonyl (C=O) groups excluding carboxylic acids is 1. The second-order valence-electron chi connectivity index (χ2n) is 5.74. The molecule has 3 rings (SSSR count). The summed E-state index contributed by atoms with van der Waals surface area (Å²) in [5.74, 6) is -0.0773. The minimum atomic E-state index is -0.413. The average molecular weight is 412 g/mol. The van der Waals surface area contributed by atoms with Crippen molar-refractivity contribution >= 4 is 50.1 Å². The predicted octanol–water partition coefficient (Wildman–Crippen LogP) is 3.43. The zero-order chi connectivity index (χ0) is 17.4. The monoisotopic (exact) mass is 410 g/mol. The smallest absolute Gasteiger partial charge is 0.338 e. The summed E-state index contributed by atoms with van der Waals surface area (Å²) in [5, 5.41) is 1.32. The highest BCUT2D eigenvalue weighted by Gasteiger charge is 2.27. The zero-order valence-corrected chi connectivity index (χ0v) is 15.4. The van der Waals surface area contributed by atoms with E-state index in [9.17, 15) is 9.59 Å².